The van der Waals surface area contributed by atoms with Crippen LogP contribution in [0.25, 0.3) is 0 Å². The van der Waals surface area contributed by atoms with Crippen LogP contribution >= 0.6 is 0 Å². The first-order valence-electron chi connectivity index (χ1n) is 8.01. The topological polar surface area (TPSA) is 58.4 Å². The Morgan fingerprint density at radius 2 is 1.76 bits per heavy atom. The quantitative estimate of drug-likeness (QED) is 0.697. The zero-order valence-electron chi connectivity index (χ0n) is 13.4. The number of anilines is 1. The van der Waals surface area contributed by atoms with Crippen LogP contribution in [0.15, 0.2) is 24.3 Å². The Morgan fingerprint density at radius 1 is 1.14 bits per heavy atom. The molecule has 0 radical (unpaired) electrons. The molecular formula is C17H29N3O. The summed E-state index contributed by atoms with van der Waals surface area (Å²) < 4.78 is 0. The minimum absolute atomic E-state index is 0.0445. The lowest BCUT2D eigenvalue weighted by atomic mass is 10.2. The van der Waals surface area contributed by atoms with Gasteiger partial charge in [0.1, 0.15) is 0 Å². The average molecular weight is 291 g/mol. The van der Waals surface area contributed by atoms with Crippen LogP contribution < -0.4 is 11.1 Å². The molecule has 0 aliphatic rings. The van der Waals surface area contributed by atoms with Crippen molar-refractivity contribution in [1.29, 1.82) is 0 Å². The highest BCUT2D eigenvalue weighted by atomic mass is 16.2. The van der Waals surface area contributed by atoms with Gasteiger partial charge in [-0.3, -0.25) is 9.69 Å². The van der Waals surface area contributed by atoms with Crippen LogP contribution in [0.1, 0.15) is 45.1 Å². The number of amides is 1. The Labute approximate surface area is 128 Å². The second-order valence-electron chi connectivity index (χ2n) is 5.39. The summed E-state index contributed by atoms with van der Waals surface area (Å²) in [4.78, 5) is 14.5. The van der Waals surface area contributed by atoms with Crippen molar-refractivity contribution in [2.75, 3.05) is 25.0 Å². The molecule has 0 aliphatic heterocycles. The van der Waals surface area contributed by atoms with Crippen molar-refractivity contribution < 1.29 is 4.79 Å². The fourth-order valence-electron chi connectivity index (χ4n) is 2.25. The maximum Gasteiger partial charge on any atom is 0.238 e. The maximum atomic E-state index is 12.2. The van der Waals surface area contributed by atoms with Gasteiger partial charge in [-0.25, -0.2) is 0 Å². The minimum Gasteiger partial charge on any atom is -0.326 e. The third-order valence-electron chi connectivity index (χ3n) is 3.53. The summed E-state index contributed by atoms with van der Waals surface area (Å²) in [7, 11) is 0. The molecule has 118 valence electrons. The molecule has 0 spiro atoms. The molecule has 1 aromatic carbocycles. The molecule has 4 heteroatoms. The Bertz CT molecular complexity index is 412. The molecule has 0 heterocycles. The number of nitrogens with two attached hydrogens (primary N) is 1. The molecule has 1 rings (SSSR count). The smallest absolute Gasteiger partial charge is 0.238 e. The fraction of sp³-hybridized carbons (Fsp3) is 0.588. The molecule has 1 amide bonds. The minimum atomic E-state index is 0.0445. The lowest BCUT2D eigenvalue weighted by Gasteiger charge is -2.21. The highest BCUT2D eigenvalue weighted by Crippen LogP contribution is 2.14. The van der Waals surface area contributed by atoms with Crippen molar-refractivity contribution in [2.24, 2.45) is 5.73 Å². The molecule has 0 saturated heterocycles. The van der Waals surface area contributed by atoms with Crippen LogP contribution in [0.5, 0.6) is 0 Å². The Morgan fingerprint density at radius 3 is 2.33 bits per heavy atom. The number of hydrogen-bond donors (Lipinski definition) is 2. The van der Waals surface area contributed by atoms with E-state index in [9.17, 15) is 4.79 Å². The Hall–Kier alpha value is -1.39. The summed E-state index contributed by atoms with van der Waals surface area (Å²) in [6.07, 6.45) is 4.58. The van der Waals surface area contributed by atoms with Gasteiger partial charge in [0.05, 0.1) is 6.54 Å². The first-order chi connectivity index (χ1) is 10.2. The van der Waals surface area contributed by atoms with Crippen LogP contribution in [0.2, 0.25) is 0 Å². The molecule has 0 atom stereocenters. The van der Waals surface area contributed by atoms with E-state index < -0.39 is 0 Å². The van der Waals surface area contributed by atoms with Crippen LogP contribution in [0, 0.1) is 0 Å². The summed E-state index contributed by atoms with van der Waals surface area (Å²) in [6.45, 7) is 7.22. The van der Waals surface area contributed by atoms with E-state index in [1.54, 1.807) is 0 Å². The van der Waals surface area contributed by atoms with Gasteiger partial charge in [0.25, 0.3) is 0 Å². The predicted octanol–water partition coefficient (Wildman–Crippen LogP) is 2.99. The van der Waals surface area contributed by atoms with Gasteiger partial charge in [-0.1, -0.05) is 44.9 Å². The molecule has 0 bridgehead atoms. The van der Waals surface area contributed by atoms with E-state index in [1.807, 2.05) is 24.3 Å². The average Bonchev–Trinajstić information content (AvgIpc) is 2.50. The monoisotopic (exact) mass is 291 g/mol. The van der Waals surface area contributed by atoms with Crippen molar-refractivity contribution in [3.8, 4) is 0 Å². The molecule has 0 aliphatic carbocycles. The lowest BCUT2D eigenvalue weighted by Crippen LogP contribution is -2.35. The largest absolute Gasteiger partial charge is 0.326 e. The van der Waals surface area contributed by atoms with E-state index in [1.165, 1.54) is 0 Å². The summed E-state index contributed by atoms with van der Waals surface area (Å²) in [5, 5.41) is 2.98. The summed E-state index contributed by atoms with van der Waals surface area (Å²) in [5.74, 6) is 0.0445. The van der Waals surface area contributed by atoms with Gasteiger partial charge in [0, 0.05) is 12.2 Å². The summed E-state index contributed by atoms with van der Waals surface area (Å²) >= 11 is 0. The molecule has 0 unspecified atom stereocenters. The number of carbonyl (C=O) groups is 1. The van der Waals surface area contributed by atoms with Crippen LogP contribution in [0.3, 0.4) is 0 Å². The van der Waals surface area contributed by atoms with Crippen molar-refractivity contribution in [3.05, 3.63) is 29.8 Å². The molecule has 0 aromatic heterocycles. The van der Waals surface area contributed by atoms with E-state index in [2.05, 4.69) is 24.1 Å². The third-order valence-corrected chi connectivity index (χ3v) is 3.53. The molecule has 4 nitrogen and oxygen atoms in total. The number of carbonyl (C=O) groups excluding carboxylic acids is 1. The highest BCUT2D eigenvalue weighted by molar-refractivity contribution is 5.92. The Balaban J connectivity index is 2.55. The molecule has 0 fully saturated rings. The number of nitrogens with one attached hydrogen (secondary N) is 1. The third kappa shape index (κ3) is 6.74. The van der Waals surface area contributed by atoms with E-state index >= 15 is 0 Å². The Kier molecular flexibility index (Phi) is 8.71. The van der Waals surface area contributed by atoms with Crippen LogP contribution in [0.4, 0.5) is 5.69 Å². The molecular weight excluding hydrogens is 262 g/mol. The van der Waals surface area contributed by atoms with Gasteiger partial charge >= 0.3 is 0 Å². The normalized spacial score (nSPS) is 10.9. The second kappa shape index (κ2) is 10.4. The maximum absolute atomic E-state index is 12.2. The van der Waals surface area contributed by atoms with Gasteiger partial charge in [-0.15, -0.1) is 0 Å². The van der Waals surface area contributed by atoms with Gasteiger partial charge in [0.2, 0.25) is 5.91 Å². The zero-order chi connectivity index (χ0) is 15.5. The highest BCUT2D eigenvalue weighted by Gasteiger charge is 2.11. The summed E-state index contributed by atoms with van der Waals surface area (Å²) in [6, 6.07) is 7.71. The molecule has 21 heavy (non-hydrogen) atoms. The standard InChI is InChI=1S/C17H29N3O/c1-3-5-11-20(12-6-4-2)14-17(21)19-16-10-8-7-9-15(16)13-18/h7-10H,3-6,11-14,18H2,1-2H3,(H,19,21). The van der Waals surface area contributed by atoms with E-state index in [0.29, 0.717) is 13.1 Å². The predicted molar refractivity (Wildman–Crippen MR) is 89.2 cm³/mol. The number of benzene rings is 1. The van der Waals surface area contributed by atoms with Crippen molar-refractivity contribution in [1.82, 2.24) is 4.90 Å². The van der Waals surface area contributed by atoms with Crippen molar-refractivity contribution in [3.63, 3.8) is 0 Å². The molecule has 3 N–H and O–H groups in total. The molecule has 1 aromatic rings. The first-order valence-corrected chi connectivity index (χ1v) is 8.01. The number of nitrogens with zero attached hydrogens (tertiary/aromatic N) is 1. The fourth-order valence-corrected chi connectivity index (χ4v) is 2.25. The summed E-state index contributed by atoms with van der Waals surface area (Å²) in [5.41, 5.74) is 7.50. The number of para-hydroxylation sites is 1. The van der Waals surface area contributed by atoms with Crippen LogP contribution in [-0.4, -0.2) is 30.4 Å². The zero-order valence-corrected chi connectivity index (χ0v) is 13.4. The van der Waals surface area contributed by atoms with Gasteiger partial charge in [-0.2, -0.15) is 0 Å². The number of rotatable bonds is 10. The van der Waals surface area contributed by atoms with Gasteiger partial charge in [0.15, 0.2) is 0 Å². The van der Waals surface area contributed by atoms with Gasteiger partial charge in [-0.05, 0) is 37.6 Å². The number of unbranched alkanes of at least 4 members (excludes halogenated alkanes) is 2. The van der Waals surface area contributed by atoms with E-state index in [4.69, 9.17) is 5.73 Å². The first kappa shape index (κ1) is 17.7. The SMILES string of the molecule is CCCCN(CCCC)CC(=O)Nc1ccccc1CN. The van der Waals surface area contributed by atoms with Crippen molar-refractivity contribution in [2.45, 2.75) is 46.1 Å². The van der Waals surface area contributed by atoms with E-state index in [0.717, 1.165) is 50.0 Å². The number of hydrogen-bond acceptors (Lipinski definition) is 3. The van der Waals surface area contributed by atoms with E-state index in [-0.39, 0.29) is 5.91 Å². The lowest BCUT2D eigenvalue weighted by molar-refractivity contribution is -0.117. The molecule has 0 saturated carbocycles. The van der Waals surface area contributed by atoms with Crippen molar-refractivity contribution >= 4 is 11.6 Å². The van der Waals surface area contributed by atoms with Gasteiger partial charge < -0.3 is 11.1 Å². The van der Waals surface area contributed by atoms with Crippen LogP contribution in [-0.2, 0) is 11.3 Å². The second-order valence-corrected chi connectivity index (χ2v) is 5.39.